The topological polar surface area (TPSA) is 12.9 Å². The van der Waals surface area contributed by atoms with E-state index in [0.29, 0.717) is 5.92 Å². The van der Waals surface area contributed by atoms with E-state index in [1.165, 1.54) is 36.0 Å². The molecule has 0 saturated carbocycles. The minimum atomic E-state index is 0.554. The molecule has 1 heterocycles. The van der Waals surface area contributed by atoms with Crippen LogP contribution in [0.5, 0.6) is 0 Å². The van der Waals surface area contributed by atoms with Crippen LogP contribution in [0.2, 0.25) is 0 Å². The summed E-state index contributed by atoms with van der Waals surface area (Å²) in [4.78, 5) is 4.27. The van der Waals surface area contributed by atoms with Gasteiger partial charge in [-0.15, -0.1) is 0 Å². The molecular weight excluding hydrogens is 194 g/mol. The van der Waals surface area contributed by atoms with E-state index in [2.05, 4.69) is 41.4 Å². The zero-order valence-corrected chi connectivity index (χ0v) is 9.26. The van der Waals surface area contributed by atoms with Crippen LogP contribution in [0.15, 0.2) is 48.8 Å². The van der Waals surface area contributed by atoms with Crippen molar-refractivity contribution in [1.29, 1.82) is 0 Å². The molecule has 1 nitrogen and oxygen atoms in total. The van der Waals surface area contributed by atoms with Gasteiger partial charge in [0.25, 0.3) is 0 Å². The highest BCUT2D eigenvalue weighted by Crippen LogP contribution is 2.35. The van der Waals surface area contributed by atoms with Gasteiger partial charge in [0.2, 0.25) is 0 Å². The Labute approximate surface area is 96.2 Å². The molecule has 1 heteroatoms. The van der Waals surface area contributed by atoms with Crippen LogP contribution in [0.25, 0.3) is 0 Å². The summed E-state index contributed by atoms with van der Waals surface area (Å²) in [5.74, 6) is 0.554. The molecule has 0 aliphatic heterocycles. The van der Waals surface area contributed by atoms with E-state index in [-0.39, 0.29) is 0 Å². The van der Waals surface area contributed by atoms with Gasteiger partial charge < -0.3 is 0 Å². The summed E-state index contributed by atoms with van der Waals surface area (Å²) in [7, 11) is 0. The average molecular weight is 209 g/mol. The molecule has 0 N–H and O–H groups in total. The third-order valence-corrected chi connectivity index (χ3v) is 3.46. The lowest BCUT2D eigenvalue weighted by atomic mass is 9.80. The summed E-state index contributed by atoms with van der Waals surface area (Å²) in [5.41, 5.74) is 4.34. The maximum absolute atomic E-state index is 4.27. The highest BCUT2D eigenvalue weighted by atomic mass is 14.6. The first-order valence-corrected chi connectivity index (χ1v) is 5.93. The normalized spacial score (nSPS) is 19.1. The van der Waals surface area contributed by atoms with E-state index in [4.69, 9.17) is 0 Å². The fourth-order valence-electron chi connectivity index (χ4n) is 2.66. The summed E-state index contributed by atoms with van der Waals surface area (Å²) in [6.07, 6.45) is 7.71. The van der Waals surface area contributed by atoms with Crippen molar-refractivity contribution >= 4 is 0 Å². The number of nitrogens with zero attached hydrogens (tertiary/aromatic N) is 1. The van der Waals surface area contributed by atoms with E-state index < -0.39 is 0 Å². The highest BCUT2D eigenvalue weighted by Gasteiger charge is 2.21. The number of hydrogen-bond acceptors (Lipinski definition) is 1. The maximum atomic E-state index is 4.27. The van der Waals surface area contributed by atoms with Crippen molar-refractivity contribution in [2.75, 3.05) is 0 Å². The highest BCUT2D eigenvalue weighted by molar-refractivity contribution is 5.37. The molecular formula is C15H15N. The molecule has 1 aromatic heterocycles. The van der Waals surface area contributed by atoms with Crippen molar-refractivity contribution in [2.45, 2.75) is 25.2 Å². The van der Waals surface area contributed by atoms with Crippen LogP contribution in [0.1, 0.15) is 35.4 Å². The van der Waals surface area contributed by atoms with Crippen molar-refractivity contribution < 1.29 is 0 Å². The Balaban J connectivity index is 2.05. The molecule has 1 aromatic carbocycles. The molecule has 1 aliphatic carbocycles. The first-order valence-electron chi connectivity index (χ1n) is 5.93. The van der Waals surface area contributed by atoms with Crippen molar-refractivity contribution in [3.63, 3.8) is 0 Å². The molecule has 1 atom stereocenters. The zero-order valence-electron chi connectivity index (χ0n) is 9.26. The summed E-state index contributed by atoms with van der Waals surface area (Å²) in [6, 6.07) is 13.0. The van der Waals surface area contributed by atoms with Gasteiger partial charge in [-0.05, 0) is 42.0 Å². The number of rotatable bonds is 1. The first kappa shape index (κ1) is 9.59. The van der Waals surface area contributed by atoms with Crippen LogP contribution in [0.3, 0.4) is 0 Å². The monoisotopic (exact) mass is 209 g/mol. The molecule has 2 aromatic rings. The van der Waals surface area contributed by atoms with Crippen LogP contribution in [-0.2, 0) is 6.42 Å². The number of fused-ring (bicyclic) bond motifs is 1. The van der Waals surface area contributed by atoms with Crippen molar-refractivity contribution in [3.8, 4) is 0 Å². The Kier molecular flexibility index (Phi) is 2.45. The van der Waals surface area contributed by atoms with Gasteiger partial charge in [0.1, 0.15) is 0 Å². The quantitative estimate of drug-likeness (QED) is 0.700. The molecule has 1 aliphatic rings. The van der Waals surface area contributed by atoms with Gasteiger partial charge in [-0.3, -0.25) is 4.98 Å². The lowest BCUT2D eigenvalue weighted by Gasteiger charge is -2.25. The van der Waals surface area contributed by atoms with E-state index in [9.17, 15) is 0 Å². The average Bonchev–Trinajstić information content (AvgIpc) is 2.39. The largest absolute Gasteiger partial charge is 0.264 e. The molecule has 0 spiro atoms. The lowest BCUT2D eigenvalue weighted by Crippen LogP contribution is -2.11. The van der Waals surface area contributed by atoms with Gasteiger partial charge in [-0.2, -0.15) is 0 Å². The molecule has 0 fully saturated rings. The number of benzene rings is 1. The van der Waals surface area contributed by atoms with Gasteiger partial charge in [0, 0.05) is 18.3 Å². The van der Waals surface area contributed by atoms with E-state index >= 15 is 0 Å². The zero-order chi connectivity index (χ0) is 10.8. The Morgan fingerprint density at radius 2 is 1.94 bits per heavy atom. The van der Waals surface area contributed by atoms with Gasteiger partial charge in [0.05, 0.1) is 0 Å². The minimum Gasteiger partial charge on any atom is -0.264 e. The van der Waals surface area contributed by atoms with Gasteiger partial charge in [-0.1, -0.05) is 30.3 Å². The molecule has 0 bridgehead atoms. The van der Waals surface area contributed by atoms with Crippen molar-refractivity contribution in [2.24, 2.45) is 0 Å². The molecule has 0 amide bonds. The third-order valence-electron chi connectivity index (χ3n) is 3.46. The standard InChI is InChI=1S/C15H15N/c1-2-5-12(6-3-1)14-8-4-7-13-9-10-16-11-15(13)14/h1-3,5-6,9-11,14H,4,7-8H2. The second-order valence-electron chi connectivity index (χ2n) is 4.43. The Morgan fingerprint density at radius 3 is 2.81 bits per heavy atom. The molecule has 3 rings (SSSR count). The molecule has 0 radical (unpaired) electrons. The van der Waals surface area contributed by atoms with Gasteiger partial charge in [0.15, 0.2) is 0 Å². The van der Waals surface area contributed by atoms with Gasteiger partial charge in [-0.25, -0.2) is 0 Å². The van der Waals surface area contributed by atoms with Crippen LogP contribution in [-0.4, -0.2) is 4.98 Å². The number of hydrogen-bond donors (Lipinski definition) is 0. The Bertz CT molecular complexity index is 476. The fourth-order valence-corrected chi connectivity index (χ4v) is 2.66. The Hall–Kier alpha value is -1.63. The van der Waals surface area contributed by atoms with Crippen molar-refractivity contribution in [1.82, 2.24) is 4.98 Å². The second-order valence-corrected chi connectivity index (χ2v) is 4.43. The number of aryl methyl sites for hydroxylation is 1. The molecule has 0 saturated heterocycles. The fraction of sp³-hybridized carbons (Fsp3) is 0.267. The van der Waals surface area contributed by atoms with E-state index in [1.54, 1.807) is 0 Å². The molecule has 80 valence electrons. The minimum absolute atomic E-state index is 0.554. The summed E-state index contributed by atoms with van der Waals surface area (Å²) in [6.45, 7) is 0. The van der Waals surface area contributed by atoms with Crippen LogP contribution in [0, 0.1) is 0 Å². The second kappa shape index (κ2) is 4.09. The van der Waals surface area contributed by atoms with Crippen LogP contribution in [0.4, 0.5) is 0 Å². The number of pyridine rings is 1. The molecule has 16 heavy (non-hydrogen) atoms. The number of aromatic nitrogens is 1. The van der Waals surface area contributed by atoms with Crippen LogP contribution >= 0.6 is 0 Å². The summed E-state index contributed by atoms with van der Waals surface area (Å²) >= 11 is 0. The maximum Gasteiger partial charge on any atom is 0.0308 e. The van der Waals surface area contributed by atoms with E-state index in [0.717, 1.165) is 0 Å². The Morgan fingerprint density at radius 1 is 1.06 bits per heavy atom. The van der Waals surface area contributed by atoms with Gasteiger partial charge >= 0.3 is 0 Å². The smallest absolute Gasteiger partial charge is 0.0308 e. The summed E-state index contributed by atoms with van der Waals surface area (Å²) in [5, 5.41) is 0. The predicted octanol–water partition coefficient (Wildman–Crippen LogP) is 3.55. The summed E-state index contributed by atoms with van der Waals surface area (Å²) < 4.78 is 0. The first-order chi connectivity index (χ1) is 7.95. The third kappa shape index (κ3) is 1.63. The van der Waals surface area contributed by atoms with Crippen molar-refractivity contribution in [3.05, 3.63) is 65.5 Å². The SMILES string of the molecule is c1ccc(C2CCCc3ccncc32)cc1. The lowest BCUT2D eigenvalue weighted by molar-refractivity contribution is 0.613. The predicted molar refractivity (Wildman–Crippen MR) is 65.5 cm³/mol. The van der Waals surface area contributed by atoms with Crippen LogP contribution < -0.4 is 0 Å². The molecule has 1 unspecified atom stereocenters. The van der Waals surface area contributed by atoms with E-state index in [1.807, 2.05) is 12.4 Å².